The summed E-state index contributed by atoms with van der Waals surface area (Å²) in [6, 6.07) is 30.9. The first-order valence-electron chi connectivity index (χ1n) is 15.3. The average molecular weight is 572 g/mol. The molecule has 0 unspecified atom stereocenters. The quantitative estimate of drug-likeness (QED) is 0.249. The predicted molar refractivity (Wildman–Crippen MR) is 179 cm³/mol. The van der Waals surface area contributed by atoms with Gasteiger partial charge in [-0.1, -0.05) is 95.9 Å². The molecule has 0 aromatic heterocycles. The molecule has 43 heavy (non-hydrogen) atoms. The van der Waals surface area contributed by atoms with E-state index in [1.807, 2.05) is 27.7 Å². The third-order valence-corrected chi connectivity index (χ3v) is 10.4. The SMILES string of the molecule is CC(C)(O)C(C)(C)OBc1ccc2c(c1)C1(c3ccccc3-c3ccccc31)c1cc(BOC(C)(C)C(C)(C)O)ccc1-2. The molecule has 4 nitrogen and oxygen atoms in total. The van der Waals surface area contributed by atoms with E-state index >= 15 is 0 Å². The Labute approximate surface area is 257 Å². The molecule has 6 heteroatoms. The number of hydrogen-bond donors (Lipinski definition) is 2. The summed E-state index contributed by atoms with van der Waals surface area (Å²) in [5.74, 6) is 0. The summed E-state index contributed by atoms with van der Waals surface area (Å²) in [5, 5.41) is 21.4. The van der Waals surface area contributed by atoms with E-state index in [4.69, 9.17) is 9.31 Å². The van der Waals surface area contributed by atoms with Gasteiger partial charge in [-0.25, -0.2) is 0 Å². The first-order valence-corrected chi connectivity index (χ1v) is 15.3. The number of fused-ring (bicyclic) bond motifs is 10. The highest BCUT2D eigenvalue weighted by Gasteiger charge is 2.52. The van der Waals surface area contributed by atoms with Crippen LogP contribution in [-0.2, 0) is 14.7 Å². The van der Waals surface area contributed by atoms with Gasteiger partial charge in [0.15, 0.2) is 0 Å². The van der Waals surface area contributed by atoms with Gasteiger partial charge in [0.1, 0.15) is 0 Å². The van der Waals surface area contributed by atoms with Crippen molar-refractivity contribution < 1.29 is 19.5 Å². The van der Waals surface area contributed by atoms with Gasteiger partial charge in [0.05, 0.1) is 27.8 Å². The van der Waals surface area contributed by atoms with Crippen LogP contribution in [0.1, 0.15) is 77.6 Å². The third kappa shape index (κ3) is 4.62. The Morgan fingerprint density at radius 1 is 0.488 bits per heavy atom. The maximum Gasteiger partial charge on any atom is 0.309 e. The van der Waals surface area contributed by atoms with E-state index in [1.165, 1.54) is 44.5 Å². The van der Waals surface area contributed by atoms with Crippen molar-refractivity contribution in [3.63, 3.8) is 0 Å². The topological polar surface area (TPSA) is 58.9 Å². The summed E-state index contributed by atoms with van der Waals surface area (Å²) < 4.78 is 12.7. The minimum Gasteiger partial charge on any atom is -0.427 e. The molecule has 4 aromatic rings. The van der Waals surface area contributed by atoms with Crippen LogP contribution in [0.15, 0.2) is 84.9 Å². The summed E-state index contributed by atoms with van der Waals surface area (Å²) in [7, 11) is 0.788. The lowest BCUT2D eigenvalue weighted by molar-refractivity contribution is -0.0893. The minimum atomic E-state index is -0.983. The summed E-state index contributed by atoms with van der Waals surface area (Å²) in [6.07, 6.45) is 0. The van der Waals surface area contributed by atoms with Crippen LogP contribution >= 0.6 is 0 Å². The Morgan fingerprint density at radius 3 is 1.21 bits per heavy atom. The monoisotopic (exact) mass is 572 g/mol. The van der Waals surface area contributed by atoms with Crippen molar-refractivity contribution in [3.05, 3.63) is 107 Å². The molecule has 0 amide bonds. The van der Waals surface area contributed by atoms with Crippen molar-refractivity contribution in [2.45, 2.75) is 83.2 Å². The molecule has 1 spiro atoms. The number of rotatable bonds is 8. The molecule has 2 aliphatic carbocycles. The smallest absolute Gasteiger partial charge is 0.309 e. The van der Waals surface area contributed by atoms with Gasteiger partial charge in [-0.2, -0.15) is 0 Å². The van der Waals surface area contributed by atoms with E-state index in [-0.39, 0.29) is 0 Å². The molecule has 4 aromatic carbocycles. The van der Waals surface area contributed by atoms with Crippen molar-refractivity contribution in [3.8, 4) is 22.3 Å². The summed E-state index contributed by atoms with van der Waals surface area (Å²) in [6.45, 7) is 14.9. The van der Waals surface area contributed by atoms with E-state index in [9.17, 15) is 10.2 Å². The molecule has 0 fully saturated rings. The molecule has 0 saturated carbocycles. The fraction of sp³-hybridized carbons (Fsp3) is 0.351. The van der Waals surface area contributed by atoms with Crippen molar-refractivity contribution in [1.82, 2.24) is 0 Å². The average Bonchev–Trinajstić information content (AvgIpc) is 3.40. The number of aliphatic hydroxyl groups is 2. The zero-order chi connectivity index (χ0) is 31.0. The van der Waals surface area contributed by atoms with E-state index in [0.29, 0.717) is 15.0 Å². The van der Waals surface area contributed by atoms with E-state index < -0.39 is 27.8 Å². The number of hydrogen-bond acceptors (Lipinski definition) is 4. The first kappa shape index (κ1) is 29.9. The lowest BCUT2D eigenvalue weighted by atomic mass is 9.68. The molecule has 0 atom stereocenters. The Kier molecular flexibility index (Phi) is 6.91. The minimum absolute atomic E-state index is 0.394. The Morgan fingerprint density at radius 2 is 0.837 bits per heavy atom. The Balaban J connectivity index is 1.52. The van der Waals surface area contributed by atoms with Gasteiger partial charge in [0.2, 0.25) is 0 Å². The zero-order valence-electron chi connectivity index (χ0n) is 26.7. The lowest BCUT2D eigenvalue weighted by Gasteiger charge is -2.38. The van der Waals surface area contributed by atoms with Crippen LogP contribution in [0.3, 0.4) is 0 Å². The van der Waals surface area contributed by atoms with Crippen LogP contribution in [0.2, 0.25) is 0 Å². The lowest BCUT2D eigenvalue weighted by Crippen LogP contribution is -2.49. The Bertz CT molecular complexity index is 1580. The Hall–Kier alpha value is -3.15. The molecule has 0 bridgehead atoms. The van der Waals surface area contributed by atoms with Crippen molar-refractivity contribution in [2.24, 2.45) is 0 Å². The van der Waals surface area contributed by atoms with Crippen LogP contribution in [0.25, 0.3) is 22.3 Å². The van der Waals surface area contributed by atoms with Gasteiger partial charge in [-0.05, 0) is 99.9 Å². The molecule has 6 rings (SSSR count). The van der Waals surface area contributed by atoms with Gasteiger partial charge in [-0.3, -0.25) is 0 Å². The van der Waals surface area contributed by atoms with Crippen molar-refractivity contribution in [2.75, 3.05) is 0 Å². The summed E-state index contributed by atoms with van der Waals surface area (Å²) in [4.78, 5) is 0. The molecule has 0 aliphatic heterocycles. The zero-order valence-corrected chi connectivity index (χ0v) is 26.7. The third-order valence-electron chi connectivity index (χ3n) is 10.4. The molecule has 0 radical (unpaired) electrons. The standard InChI is InChI=1S/C37H42B2O4/c1-33(2,40)35(5,6)42-38-23-17-19-27-28-20-18-24(39-43-36(7,8)34(3,4)41)22-32(28)37(31(27)21-23)29-15-11-9-13-25(29)26-14-10-12-16-30(26)37/h9-22,38-41H,1-8H3. The molecular formula is C37H42B2O4. The summed E-state index contributed by atoms with van der Waals surface area (Å²) in [5.41, 5.74) is 8.26. The number of benzene rings is 4. The molecule has 2 aliphatic rings. The predicted octanol–water partition coefficient (Wildman–Crippen LogP) is 5.12. The second-order valence-corrected chi connectivity index (χ2v) is 14.3. The highest BCUT2D eigenvalue weighted by Crippen LogP contribution is 2.62. The van der Waals surface area contributed by atoms with Crippen LogP contribution in [0.4, 0.5) is 0 Å². The van der Waals surface area contributed by atoms with Crippen LogP contribution < -0.4 is 10.9 Å². The fourth-order valence-corrected chi connectivity index (χ4v) is 6.29. The highest BCUT2D eigenvalue weighted by atomic mass is 16.5. The van der Waals surface area contributed by atoms with Gasteiger partial charge in [-0.15, -0.1) is 0 Å². The molecular weight excluding hydrogens is 530 g/mol. The van der Waals surface area contributed by atoms with Crippen molar-refractivity contribution >= 4 is 25.9 Å². The van der Waals surface area contributed by atoms with Gasteiger partial charge < -0.3 is 19.5 Å². The normalized spacial score (nSPS) is 15.1. The van der Waals surface area contributed by atoms with E-state index in [1.54, 1.807) is 27.7 Å². The molecule has 0 heterocycles. The van der Waals surface area contributed by atoms with Crippen LogP contribution in [0.5, 0.6) is 0 Å². The van der Waals surface area contributed by atoms with Gasteiger partial charge in [0, 0.05) is 0 Å². The maximum atomic E-state index is 10.7. The second kappa shape index (κ2) is 9.93. The molecule has 2 N–H and O–H groups in total. The highest BCUT2D eigenvalue weighted by molar-refractivity contribution is 6.47. The van der Waals surface area contributed by atoms with Gasteiger partial charge in [0.25, 0.3) is 0 Å². The van der Waals surface area contributed by atoms with Gasteiger partial charge >= 0.3 is 15.0 Å². The second-order valence-electron chi connectivity index (χ2n) is 14.3. The van der Waals surface area contributed by atoms with Crippen LogP contribution in [0, 0.1) is 0 Å². The first-order chi connectivity index (χ1) is 20.1. The fourth-order valence-electron chi connectivity index (χ4n) is 6.29. The summed E-state index contributed by atoms with van der Waals surface area (Å²) >= 11 is 0. The van der Waals surface area contributed by atoms with Crippen LogP contribution in [-0.4, -0.2) is 47.6 Å². The van der Waals surface area contributed by atoms with E-state index in [2.05, 4.69) is 84.9 Å². The van der Waals surface area contributed by atoms with Crippen molar-refractivity contribution in [1.29, 1.82) is 0 Å². The molecule has 0 saturated heterocycles. The maximum absolute atomic E-state index is 10.7. The van der Waals surface area contributed by atoms with E-state index in [0.717, 1.165) is 10.9 Å². The molecule has 220 valence electrons. The largest absolute Gasteiger partial charge is 0.427 e.